The zero-order valence-corrected chi connectivity index (χ0v) is 11.7. The van der Waals surface area contributed by atoms with E-state index in [1.54, 1.807) is 0 Å². The summed E-state index contributed by atoms with van der Waals surface area (Å²) in [6.07, 6.45) is 6.80. The maximum atomic E-state index is 4.48. The van der Waals surface area contributed by atoms with Gasteiger partial charge in [0, 0.05) is 25.7 Å². The van der Waals surface area contributed by atoms with Crippen LogP contribution in [0.1, 0.15) is 45.7 Å². The molecule has 98 valence electrons. The Labute approximate surface area is 106 Å². The summed E-state index contributed by atoms with van der Waals surface area (Å²) in [5, 5.41) is 8.14. The van der Waals surface area contributed by atoms with E-state index in [1.807, 2.05) is 17.9 Å². The van der Waals surface area contributed by atoms with E-state index in [1.165, 1.54) is 25.0 Å². The fourth-order valence-electron chi connectivity index (χ4n) is 2.26. The van der Waals surface area contributed by atoms with E-state index in [0.29, 0.717) is 12.0 Å². The van der Waals surface area contributed by atoms with Gasteiger partial charge in [0.25, 0.3) is 0 Å². The van der Waals surface area contributed by atoms with Crippen LogP contribution in [0.15, 0.2) is 12.3 Å². The van der Waals surface area contributed by atoms with Crippen LogP contribution in [0.4, 0.5) is 0 Å². The van der Waals surface area contributed by atoms with Crippen molar-refractivity contribution in [1.82, 2.24) is 15.1 Å². The maximum Gasteiger partial charge on any atom is 0.0640 e. The Morgan fingerprint density at radius 1 is 1.35 bits per heavy atom. The van der Waals surface area contributed by atoms with Crippen LogP contribution < -0.4 is 5.32 Å². The predicted molar refractivity (Wildman–Crippen MR) is 73.1 cm³/mol. The standard InChI is InChI=1S/C14H27N3/c1-5-7-12(3)14(15-9-6-2)11-13-8-10-17(4)16-13/h8,10,12,14-15H,5-7,9,11H2,1-4H3. The molecular formula is C14H27N3. The largest absolute Gasteiger partial charge is 0.313 e. The summed E-state index contributed by atoms with van der Waals surface area (Å²) in [5.74, 6) is 0.716. The Hall–Kier alpha value is -0.830. The van der Waals surface area contributed by atoms with Gasteiger partial charge >= 0.3 is 0 Å². The third kappa shape index (κ3) is 4.90. The van der Waals surface area contributed by atoms with E-state index < -0.39 is 0 Å². The van der Waals surface area contributed by atoms with Crippen LogP contribution in [0.25, 0.3) is 0 Å². The number of hydrogen-bond donors (Lipinski definition) is 1. The van der Waals surface area contributed by atoms with Gasteiger partial charge in [-0.25, -0.2) is 0 Å². The molecule has 1 heterocycles. The van der Waals surface area contributed by atoms with Crippen LogP contribution in [0.2, 0.25) is 0 Å². The number of hydrogen-bond acceptors (Lipinski definition) is 2. The molecule has 0 aromatic carbocycles. The molecule has 1 aromatic heterocycles. The minimum Gasteiger partial charge on any atom is -0.313 e. The van der Waals surface area contributed by atoms with Crippen molar-refractivity contribution < 1.29 is 0 Å². The number of aromatic nitrogens is 2. The molecule has 17 heavy (non-hydrogen) atoms. The lowest BCUT2D eigenvalue weighted by atomic mass is 9.93. The van der Waals surface area contributed by atoms with Crippen LogP contribution in [-0.4, -0.2) is 22.4 Å². The van der Waals surface area contributed by atoms with Gasteiger partial charge in [0.15, 0.2) is 0 Å². The van der Waals surface area contributed by atoms with Crippen LogP contribution in [-0.2, 0) is 13.5 Å². The second-order valence-corrected chi connectivity index (χ2v) is 5.01. The van der Waals surface area contributed by atoms with Crippen molar-refractivity contribution in [2.45, 2.75) is 52.5 Å². The third-order valence-electron chi connectivity index (χ3n) is 3.29. The average molecular weight is 237 g/mol. The molecule has 3 nitrogen and oxygen atoms in total. The Morgan fingerprint density at radius 3 is 2.65 bits per heavy atom. The fraction of sp³-hybridized carbons (Fsp3) is 0.786. The zero-order chi connectivity index (χ0) is 12.7. The molecule has 1 aromatic rings. The predicted octanol–water partition coefficient (Wildman–Crippen LogP) is 2.77. The molecule has 0 aliphatic carbocycles. The van der Waals surface area contributed by atoms with Crippen LogP contribution in [0.3, 0.4) is 0 Å². The lowest BCUT2D eigenvalue weighted by Crippen LogP contribution is -2.37. The first-order chi connectivity index (χ1) is 8.17. The minimum absolute atomic E-state index is 0.560. The van der Waals surface area contributed by atoms with Crippen molar-refractivity contribution in [2.75, 3.05) is 6.54 Å². The van der Waals surface area contributed by atoms with Crippen molar-refractivity contribution in [3.63, 3.8) is 0 Å². The first-order valence-electron chi connectivity index (χ1n) is 6.89. The molecule has 0 aliphatic heterocycles. The number of nitrogens with zero attached hydrogens (tertiary/aromatic N) is 2. The second-order valence-electron chi connectivity index (χ2n) is 5.01. The van der Waals surface area contributed by atoms with Gasteiger partial charge in [0.1, 0.15) is 0 Å². The summed E-state index contributed by atoms with van der Waals surface area (Å²) in [5.41, 5.74) is 1.20. The first-order valence-corrected chi connectivity index (χ1v) is 6.89. The van der Waals surface area contributed by atoms with Crippen LogP contribution in [0, 0.1) is 5.92 Å². The molecule has 2 atom stereocenters. The fourth-order valence-corrected chi connectivity index (χ4v) is 2.26. The summed E-state index contributed by atoms with van der Waals surface area (Å²) in [7, 11) is 1.98. The van der Waals surface area contributed by atoms with Gasteiger partial charge in [-0.15, -0.1) is 0 Å². The van der Waals surface area contributed by atoms with Crippen molar-refractivity contribution in [1.29, 1.82) is 0 Å². The van der Waals surface area contributed by atoms with E-state index in [4.69, 9.17) is 0 Å². The molecule has 1 rings (SSSR count). The normalized spacial score (nSPS) is 14.8. The molecule has 0 amide bonds. The molecule has 0 spiro atoms. The Bertz CT molecular complexity index is 306. The van der Waals surface area contributed by atoms with Gasteiger partial charge < -0.3 is 5.32 Å². The van der Waals surface area contributed by atoms with Crippen molar-refractivity contribution in [2.24, 2.45) is 13.0 Å². The van der Waals surface area contributed by atoms with Gasteiger partial charge in [-0.3, -0.25) is 4.68 Å². The van der Waals surface area contributed by atoms with E-state index in [-0.39, 0.29) is 0 Å². The molecule has 3 heteroatoms. The lowest BCUT2D eigenvalue weighted by molar-refractivity contribution is 0.350. The maximum absolute atomic E-state index is 4.48. The minimum atomic E-state index is 0.560. The topological polar surface area (TPSA) is 29.9 Å². The molecular weight excluding hydrogens is 210 g/mol. The molecule has 0 aliphatic rings. The molecule has 0 radical (unpaired) electrons. The van der Waals surface area contributed by atoms with Crippen molar-refractivity contribution in [3.05, 3.63) is 18.0 Å². The molecule has 2 unspecified atom stereocenters. The molecule has 0 saturated carbocycles. The van der Waals surface area contributed by atoms with E-state index >= 15 is 0 Å². The van der Waals surface area contributed by atoms with Crippen molar-refractivity contribution in [3.8, 4) is 0 Å². The highest BCUT2D eigenvalue weighted by atomic mass is 15.2. The van der Waals surface area contributed by atoms with Gasteiger partial charge in [-0.2, -0.15) is 5.10 Å². The summed E-state index contributed by atoms with van der Waals surface area (Å²) in [6, 6.07) is 2.68. The highest BCUT2D eigenvalue weighted by Crippen LogP contribution is 2.14. The number of rotatable bonds is 8. The molecule has 0 bridgehead atoms. The lowest BCUT2D eigenvalue weighted by Gasteiger charge is -2.24. The van der Waals surface area contributed by atoms with Crippen LogP contribution in [0.5, 0.6) is 0 Å². The van der Waals surface area contributed by atoms with Gasteiger partial charge in [-0.1, -0.05) is 27.2 Å². The van der Waals surface area contributed by atoms with E-state index in [9.17, 15) is 0 Å². The molecule has 0 fully saturated rings. The number of aryl methyl sites for hydroxylation is 1. The van der Waals surface area contributed by atoms with Gasteiger partial charge in [-0.05, 0) is 31.4 Å². The molecule has 1 N–H and O–H groups in total. The Balaban J connectivity index is 2.55. The quantitative estimate of drug-likeness (QED) is 0.753. The summed E-state index contributed by atoms with van der Waals surface area (Å²) in [6.45, 7) is 7.93. The summed E-state index contributed by atoms with van der Waals surface area (Å²) < 4.78 is 1.89. The van der Waals surface area contributed by atoms with Gasteiger partial charge in [0.05, 0.1) is 5.69 Å². The van der Waals surface area contributed by atoms with Crippen LogP contribution >= 0.6 is 0 Å². The monoisotopic (exact) mass is 237 g/mol. The third-order valence-corrected chi connectivity index (χ3v) is 3.29. The zero-order valence-electron chi connectivity index (χ0n) is 11.7. The Morgan fingerprint density at radius 2 is 2.12 bits per heavy atom. The molecule has 0 saturated heterocycles. The second kappa shape index (κ2) is 7.49. The smallest absolute Gasteiger partial charge is 0.0640 e. The highest BCUT2D eigenvalue weighted by Gasteiger charge is 2.17. The highest BCUT2D eigenvalue weighted by molar-refractivity contribution is 5.02. The average Bonchev–Trinajstić information content (AvgIpc) is 2.70. The first kappa shape index (κ1) is 14.2. The van der Waals surface area contributed by atoms with Gasteiger partial charge in [0.2, 0.25) is 0 Å². The summed E-state index contributed by atoms with van der Waals surface area (Å²) >= 11 is 0. The van der Waals surface area contributed by atoms with Crippen molar-refractivity contribution >= 4 is 0 Å². The SMILES string of the molecule is CCCNC(Cc1ccn(C)n1)C(C)CCC. The number of nitrogens with one attached hydrogen (secondary N) is 1. The van der Waals surface area contributed by atoms with E-state index in [0.717, 1.165) is 13.0 Å². The summed E-state index contributed by atoms with van der Waals surface area (Å²) in [4.78, 5) is 0. The van der Waals surface area contributed by atoms with E-state index in [2.05, 4.69) is 37.3 Å². The Kier molecular flexibility index (Phi) is 6.27.